The predicted molar refractivity (Wildman–Crippen MR) is 76.9 cm³/mol. The molecular formula is C13H14Cl2N2. The van der Waals surface area contributed by atoms with Gasteiger partial charge in [-0.3, -0.25) is 0 Å². The van der Waals surface area contributed by atoms with Gasteiger partial charge in [0.25, 0.3) is 0 Å². The van der Waals surface area contributed by atoms with Crippen molar-refractivity contribution in [2.24, 2.45) is 0 Å². The Morgan fingerprint density at radius 3 is 2.29 bits per heavy atom. The third kappa shape index (κ3) is 3.84. The summed E-state index contributed by atoms with van der Waals surface area (Å²) >= 11 is 5.81. The first-order chi connectivity index (χ1) is 7.75. The minimum Gasteiger partial charge on any atom is -0.397 e. The molecule has 4 heteroatoms. The molecule has 0 aliphatic heterocycles. The number of hydrogen-bond acceptors (Lipinski definition) is 2. The summed E-state index contributed by atoms with van der Waals surface area (Å²) < 4.78 is 0. The lowest BCUT2D eigenvalue weighted by molar-refractivity contribution is 1.15. The van der Waals surface area contributed by atoms with Crippen molar-refractivity contribution in [1.29, 1.82) is 0 Å². The highest BCUT2D eigenvalue weighted by Gasteiger charge is 1.97. The summed E-state index contributed by atoms with van der Waals surface area (Å²) in [7, 11) is 0. The number of anilines is 2. The maximum absolute atomic E-state index is 5.83. The molecule has 0 atom stereocenters. The van der Waals surface area contributed by atoms with E-state index in [0.717, 1.165) is 22.9 Å². The number of rotatable bonds is 3. The monoisotopic (exact) mass is 268 g/mol. The Labute approximate surface area is 112 Å². The highest BCUT2D eigenvalue weighted by Crippen LogP contribution is 2.18. The Hall–Kier alpha value is -1.38. The molecule has 2 aromatic carbocycles. The SMILES string of the molecule is Cl.Nc1ccccc1NCc1ccc(Cl)cc1. The van der Waals surface area contributed by atoms with E-state index in [0.29, 0.717) is 0 Å². The van der Waals surface area contributed by atoms with E-state index in [1.54, 1.807) is 0 Å². The average molecular weight is 269 g/mol. The lowest BCUT2D eigenvalue weighted by Crippen LogP contribution is -2.01. The standard InChI is InChI=1S/C13H13ClN2.ClH/c14-11-7-5-10(6-8-11)9-16-13-4-2-1-3-12(13)15;/h1-8,16H,9,15H2;1H. The van der Waals surface area contributed by atoms with E-state index in [1.165, 1.54) is 5.56 Å². The summed E-state index contributed by atoms with van der Waals surface area (Å²) in [5.74, 6) is 0. The van der Waals surface area contributed by atoms with Gasteiger partial charge < -0.3 is 11.1 Å². The van der Waals surface area contributed by atoms with Gasteiger partial charge in [-0.25, -0.2) is 0 Å². The first-order valence-electron chi connectivity index (χ1n) is 5.08. The molecule has 2 rings (SSSR count). The van der Waals surface area contributed by atoms with Crippen molar-refractivity contribution in [3.8, 4) is 0 Å². The van der Waals surface area contributed by atoms with Crippen LogP contribution in [0.2, 0.25) is 5.02 Å². The number of nitrogen functional groups attached to an aromatic ring is 1. The second-order valence-electron chi connectivity index (χ2n) is 3.57. The summed E-state index contributed by atoms with van der Waals surface area (Å²) in [6.07, 6.45) is 0. The smallest absolute Gasteiger partial charge is 0.0576 e. The Morgan fingerprint density at radius 2 is 1.65 bits per heavy atom. The van der Waals surface area contributed by atoms with Crippen LogP contribution in [0.3, 0.4) is 0 Å². The predicted octanol–water partition coefficient (Wildman–Crippen LogP) is 3.96. The normalized spacial score (nSPS) is 9.47. The molecule has 0 radical (unpaired) electrons. The maximum Gasteiger partial charge on any atom is 0.0576 e. The Morgan fingerprint density at radius 1 is 1.00 bits per heavy atom. The third-order valence-corrected chi connectivity index (χ3v) is 2.61. The van der Waals surface area contributed by atoms with Crippen LogP contribution in [0.25, 0.3) is 0 Å². The van der Waals surface area contributed by atoms with Gasteiger partial charge in [0.2, 0.25) is 0 Å². The Bertz CT molecular complexity index is 469. The van der Waals surface area contributed by atoms with Crippen LogP contribution in [0.4, 0.5) is 11.4 Å². The topological polar surface area (TPSA) is 38.0 Å². The average Bonchev–Trinajstić information content (AvgIpc) is 2.30. The molecule has 0 aliphatic carbocycles. The zero-order valence-corrected chi connectivity index (χ0v) is 10.8. The number of hydrogen-bond donors (Lipinski definition) is 2. The van der Waals surface area contributed by atoms with E-state index in [-0.39, 0.29) is 12.4 Å². The molecule has 90 valence electrons. The molecular weight excluding hydrogens is 255 g/mol. The molecule has 0 fully saturated rings. The molecule has 0 aromatic heterocycles. The van der Waals surface area contributed by atoms with Crippen LogP contribution >= 0.6 is 24.0 Å². The van der Waals surface area contributed by atoms with Gasteiger partial charge >= 0.3 is 0 Å². The molecule has 0 saturated heterocycles. The van der Waals surface area contributed by atoms with Gasteiger partial charge in [-0.15, -0.1) is 12.4 Å². The summed E-state index contributed by atoms with van der Waals surface area (Å²) in [6.45, 7) is 0.741. The maximum atomic E-state index is 5.83. The molecule has 0 bridgehead atoms. The van der Waals surface area contributed by atoms with Crippen molar-refractivity contribution in [2.45, 2.75) is 6.54 Å². The third-order valence-electron chi connectivity index (χ3n) is 2.36. The number of para-hydroxylation sites is 2. The fraction of sp³-hybridized carbons (Fsp3) is 0.0769. The summed E-state index contributed by atoms with van der Waals surface area (Å²) in [5, 5.41) is 4.03. The van der Waals surface area contributed by atoms with Crippen LogP contribution in [-0.4, -0.2) is 0 Å². The summed E-state index contributed by atoms with van der Waals surface area (Å²) in [4.78, 5) is 0. The first-order valence-corrected chi connectivity index (χ1v) is 5.46. The first kappa shape index (κ1) is 13.7. The molecule has 3 N–H and O–H groups in total. The van der Waals surface area contributed by atoms with Crippen molar-refractivity contribution >= 4 is 35.4 Å². The van der Waals surface area contributed by atoms with Crippen LogP contribution in [0, 0.1) is 0 Å². The molecule has 0 spiro atoms. The quantitative estimate of drug-likeness (QED) is 0.828. The lowest BCUT2D eigenvalue weighted by Gasteiger charge is -2.08. The minimum atomic E-state index is 0. The van der Waals surface area contributed by atoms with E-state index >= 15 is 0 Å². The molecule has 0 heterocycles. The van der Waals surface area contributed by atoms with Crippen LogP contribution in [0.15, 0.2) is 48.5 Å². The van der Waals surface area contributed by atoms with Crippen LogP contribution in [-0.2, 0) is 6.54 Å². The molecule has 0 amide bonds. The molecule has 0 aliphatic rings. The second-order valence-corrected chi connectivity index (χ2v) is 4.00. The van der Waals surface area contributed by atoms with Crippen LogP contribution in [0.5, 0.6) is 0 Å². The molecule has 0 saturated carbocycles. The number of halogens is 2. The van der Waals surface area contributed by atoms with E-state index < -0.39 is 0 Å². The minimum absolute atomic E-state index is 0. The number of benzene rings is 2. The fourth-order valence-electron chi connectivity index (χ4n) is 1.46. The molecule has 2 nitrogen and oxygen atoms in total. The van der Waals surface area contributed by atoms with Gasteiger partial charge in [-0.05, 0) is 29.8 Å². The van der Waals surface area contributed by atoms with Crippen LogP contribution < -0.4 is 11.1 Å². The van der Waals surface area contributed by atoms with E-state index in [9.17, 15) is 0 Å². The van der Waals surface area contributed by atoms with Crippen molar-refractivity contribution in [2.75, 3.05) is 11.1 Å². The number of nitrogens with two attached hydrogens (primary N) is 1. The Balaban J connectivity index is 0.00000144. The zero-order valence-electron chi connectivity index (χ0n) is 9.19. The second kappa shape index (κ2) is 6.38. The van der Waals surface area contributed by atoms with Crippen molar-refractivity contribution in [1.82, 2.24) is 0 Å². The number of nitrogens with one attached hydrogen (secondary N) is 1. The zero-order chi connectivity index (χ0) is 11.4. The summed E-state index contributed by atoms with van der Waals surface area (Å²) in [6, 6.07) is 15.5. The fourth-order valence-corrected chi connectivity index (χ4v) is 1.58. The highest BCUT2D eigenvalue weighted by molar-refractivity contribution is 6.30. The van der Waals surface area contributed by atoms with Crippen molar-refractivity contribution < 1.29 is 0 Å². The van der Waals surface area contributed by atoms with Gasteiger partial charge in [0, 0.05) is 11.6 Å². The Kier molecular flexibility index (Phi) is 5.13. The van der Waals surface area contributed by atoms with Gasteiger partial charge in [0.15, 0.2) is 0 Å². The summed E-state index contributed by atoms with van der Waals surface area (Å²) in [5.41, 5.74) is 8.72. The highest BCUT2D eigenvalue weighted by atomic mass is 35.5. The largest absolute Gasteiger partial charge is 0.397 e. The van der Waals surface area contributed by atoms with E-state index in [4.69, 9.17) is 17.3 Å². The van der Waals surface area contributed by atoms with E-state index in [2.05, 4.69) is 5.32 Å². The van der Waals surface area contributed by atoms with Gasteiger partial charge in [-0.1, -0.05) is 35.9 Å². The molecule has 0 unspecified atom stereocenters. The van der Waals surface area contributed by atoms with Crippen molar-refractivity contribution in [3.63, 3.8) is 0 Å². The lowest BCUT2D eigenvalue weighted by atomic mass is 10.2. The van der Waals surface area contributed by atoms with Gasteiger partial charge in [0.1, 0.15) is 0 Å². The van der Waals surface area contributed by atoms with Crippen LogP contribution in [0.1, 0.15) is 5.56 Å². The van der Waals surface area contributed by atoms with Gasteiger partial charge in [0.05, 0.1) is 11.4 Å². The molecule has 17 heavy (non-hydrogen) atoms. The van der Waals surface area contributed by atoms with Crippen molar-refractivity contribution in [3.05, 3.63) is 59.1 Å². The molecule has 2 aromatic rings. The van der Waals surface area contributed by atoms with E-state index in [1.807, 2.05) is 48.5 Å². The van der Waals surface area contributed by atoms with Gasteiger partial charge in [-0.2, -0.15) is 0 Å².